The van der Waals surface area contributed by atoms with Crippen molar-refractivity contribution in [1.29, 1.82) is 0 Å². The minimum Gasteiger partial charge on any atom is -0.496 e. The van der Waals surface area contributed by atoms with Crippen molar-refractivity contribution in [3.8, 4) is 11.5 Å². The standard InChI is InChI=1S/C25H29N3O6/c1-26-23(29)13-16-9-10-19-22(34-16)14-33-21-11-8-15(12-18(21)25(31)28(19)2)27-24(30)17-6-4-5-7-20(17)32-3/h4-8,11-12,16,19,22H,9-10,13-14H2,1-3H3,(H,26,29)(H,27,30)/t16-,19-,22-/m1/s1. The first-order valence-electron chi connectivity index (χ1n) is 11.3. The van der Waals surface area contributed by atoms with E-state index in [1.165, 1.54) is 7.11 Å². The molecule has 0 aliphatic carbocycles. The van der Waals surface area contributed by atoms with Gasteiger partial charge in [0.1, 0.15) is 24.2 Å². The molecular weight excluding hydrogens is 438 g/mol. The van der Waals surface area contributed by atoms with Gasteiger partial charge in [0.05, 0.1) is 36.8 Å². The number of amides is 3. The summed E-state index contributed by atoms with van der Waals surface area (Å²) in [5.74, 6) is 0.248. The van der Waals surface area contributed by atoms with E-state index in [0.29, 0.717) is 41.2 Å². The molecule has 0 saturated carbocycles. The maximum absolute atomic E-state index is 13.4. The number of likely N-dealkylation sites (N-methyl/N-ethyl adjacent to an activating group) is 1. The number of carbonyl (C=O) groups is 3. The molecule has 0 spiro atoms. The maximum atomic E-state index is 13.4. The van der Waals surface area contributed by atoms with Crippen LogP contribution in [0.25, 0.3) is 0 Å². The zero-order valence-corrected chi connectivity index (χ0v) is 19.5. The van der Waals surface area contributed by atoms with Gasteiger partial charge in [-0.2, -0.15) is 0 Å². The summed E-state index contributed by atoms with van der Waals surface area (Å²) in [4.78, 5) is 39.6. The fraction of sp³-hybridized carbons (Fsp3) is 0.400. The molecule has 9 heteroatoms. The maximum Gasteiger partial charge on any atom is 0.259 e. The second-order valence-corrected chi connectivity index (χ2v) is 8.41. The average molecular weight is 468 g/mol. The van der Waals surface area contributed by atoms with Crippen molar-refractivity contribution in [2.75, 3.05) is 33.1 Å². The smallest absolute Gasteiger partial charge is 0.259 e. The van der Waals surface area contributed by atoms with Crippen LogP contribution < -0.4 is 20.1 Å². The summed E-state index contributed by atoms with van der Waals surface area (Å²) in [6, 6.07) is 11.7. The molecule has 0 radical (unpaired) electrons. The van der Waals surface area contributed by atoms with Gasteiger partial charge in [-0.25, -0.2) is 0 Å². The molecule has 34 heavy (non-hydrogen) atoms. The van der Waals surface area contributed by atoms with Gasteiger partial charge in [0.15, 0.2) is 0 Å². The molecule has 2 aliphatic rings. The topological polar surface area (TPSA) is 106 Å². The zero-order chi connectivity index (χ0) is 24.2. The van der Waals surface area contributed by atoms with Crippen molar-refractivity contribution < 1.29 is 28.6 Å². The third-order valence-electron chi connectivity index (χ3n) is 6.31. The van der Waals surface area contributed by atoms with Crippen LogP contribution in [0.1, 0.15) is 40.0 Å². The van der Waals surface area contributed by atoms with Crippen molar-refractivity contribution >= 4 is 23.4 Å². The number of carbonyl (C=O) groups excluding carboxylic acids is 3. The first kappa shape index (κ1) is 23.6. The van der Waals surface area contributed by atoms with Gasteiger partial charge in [0.2, 0.25) is 5.91 Å². The normalized spacial score (nSPS) is 21.8. The lowest BCUT2D eigenvalue weighted by Crippen LogP contribution is -2.53. The number of para-hydroxylation sites is 1. The number of anilines is 1. The van der Waals surface area contributed by atoms with Crippen molar-refractivity contribution in [3.05, 3.63) is 53.6 Å². The Morgan fingerprint density at radius 2 is 1.97 bits per heavy atom. The Hall–Kier alpha value is -3.59. The fourth-order valence-corrected chi connectivity index (χ4v) is 4.44. The van der Waals surface area contributed by atoms with Gasteiger partial charge in [0, 0.05) is 19.8 Å². The molecule has 9 nitrogen and oxygen atoms in total. The Bertz CT molecular complexity index is 1090. The molecular formula is C25H29N3O6. The summed E-state index contributed by atoms with van der Waals surface area (Å²) in [5.41, 5.74) is 1.24. The number of nitrogens with one attached hydrogen (secondary N) is 2. The summed E-state index contributed by atoms with van der Waals surface area (Å²) >= 11 is 0. The highest BCUT2D eigenvalue weighted by molar-refractivity contribution is 6.07. The highest BCUT2D eigenvalue weighted by atomic mass is 16.5. The number of rotatable bonds is 5. The molecule has 2 heterocycles. The molecule has 0 unspecified atom stereocenters. The minimum atomic E-state index is -0.340. The van der Waals surface area contributed by atoms with E-state index in [-0.39, 0.29) is 49.0 Å². The summed E-state index contributed by atoms with van der Waals surface area (Å²) < 4.78 is 17.4. The Labute approximate surface area is 198 Å². The van der Waals surface area contributed by atoms with Gasteiger partial charge in [0.25, 0.3) is 11.8 Å². The van der Waals surface area contributed by atoms with Crippen molar-refractivity contribution in [3.63, 3.8) is 0 Å². The largest absolute Gasteiger partial charge is 0.496 e. The van der Waals surface area contributed by atoms with Crippen LogP contribution in [-0.4, -0.2) is 68.7 Å². The Kier molecular flexibility index (Phi) is 7.02. The third kappa shape index (κ3) is 4.84. The summed E-state index contributed by atoms with van der Waals surface area (Å²) in [7, 11) is 4.85. The van der Waals surface area contributed by atoms with E-state index in [9.17, 15) is 14.4 Å². The molecule has 2 N–H and O–H groups in total. The van der Waals surface area contributed by atoms with E-state index in [0.717, 1.165) is 0 Å². The average Bonchev–Trinajstić information content (AvgIpc) is 2.86. The van der Waals surface area contributed by atoms with Gasteiger partial charge in [-0.05, 0) is 43.2 Å². The second-order valence-electron chi connectivity index (χ2n) is 8.41. The molecule has 0 bridgehead atoms. The summed E-state index contributed by atoms with van der Waals surface area (Å²) in [6.07, 6.45) is 1.12. The highest BCUT2D eigenvalue weighted by Crippen LogP contribution is 2.32. The van der Waals surface area contributed by atoms with Crippen molar-refractivity contribution in [1.82, 2.24) is 10.2 Å². The highest BCUT2D eigenvalue weighted by Gasteiger charge is 2.39. The molecule has 2 aromatic rings. The molecule has 2 aliphatic heterocycles. The number of methoxy groups -OCH3 is 1. The Morgan fingerprint density at radius 3 is 2.74 bits per heavy atom. The lowest BCUT2D eigenvalue weighted by molar-refractivity contribution is -0.133. The number of hydrogen-bond donors (Lipinski definition) is 2. The Morgan fingerprint density at radius 1 is 1.18 bits per heavy atom. The van der Waals surface area contributed by atoms with Crippen LogP contribution in [0.2, 0.25) is 0 Å². The fourth-order valence-electron chi connectivity index (χ4n) is 4.44. The first-order chi connectivity index (χ1) is 16.4. The van der Waals surface area contributed by atoms with E-state index in [1.54, 1.807) is 61.5 Å². The van der Waals surface area contributed by atoms with E-state index in [4.69, 9.17) is 14.2 Å². The predicted octanol–water partition coefficient (Wildman–Crippen LogP) is 2.46. The lowest BCUT2D eigenvalue weighted by atomic mass is 9.94. The zero-order valence-electron chi connectivity index (χ0n) is 19.5. The monoisotopic (exact) mass is 467 g/mol. The van der Waals surface area contributed by atoms with Crippen LogP contribution in [0.5, 0.6) is 11.5 Å². The molecule has 3 atom stereocenters. The van der Waals surface area contributed by atoms with Gasteiger partial charge >= 0.3 is 0 Å². The van der Waals surface area contributed by atoms with Gasteiger partial charge in [-0.3, -0.25) is 14.4 Å². The summed E-state index contributed by atoms with van der Waals surface area (Å²) in [6.45, 7) is 0.256. The number of nitrogens with zero attached hydrogens (tertiary/aromatic N) is 1. The molecule has 0 aromatic heterocycles. The second kappa shape index (κ2) is 10.1. The molecule has 2 aromatic carbocycles. The molecule has 1 fully saturated rings. The van der Waals surface area contributed by atoms with E-state index in [1.807, 2.05) is 0 Å². The van der Waals surface area contributed by atoms with Crippen molar-refractivity contribution in [2.45, 2.75) is 37.5 Å². The SMILES string of the molecule is CNC(=O)C[C@H]1CC[C@@H]2[C@@H](COc3ccc(NC(=O)c4ccccc4OC)cc3C(=O)N2C)O1. The summed E-state index contributed by atoms with van der Waals surface area (Å²) in [5, 5.41) is 5.45. The van der Waals surface area contributed by atoms with Crippen LogP contribution in [0.4, 0.5) is 5.69 Å². The van der Waals surface area contributed by atoms with Gasteiger partial charge < -0.3 is 29.7 Å². The van der Waals surface area contributed by atoms with Gasteiger partial charge in [-0.15, -0.1) is 0 Å². The predicted molar refractivity (Wildman–Crippen MR) is 125 cm³/mol. The van der Waals surface area contributed by atoms with Crippen molar-refractivity contribution in [2.24, 2.45) is 0 Å². The van der Waals surface area contributed by atoms with Crippen LogP contribution in [-0.2, 0) is 9.53 Å². The number of benzene rings is 2. The third-order valence-corrected chi connectivity index (χ3v) is 6.31. The van der Waals surface area contributed by atoms with Crippen LogP contribution in [0.15, 0.2) is 42.5 Å². The number of hydrogen-bond acceptors (Lipinski definition) is 6. The van der Waals surface area contributed by atoms with Crippen LogP contribution in [0, 0.1) is 0 Å². The number of ether oxygens (including phenoxy) is 3. The van der Waals surface area contributed by atoms with E-state index in [2.05, 4.69) is 10.6 Å². The molecule has 180 valence electrons. The molecule has 1 saturated heterocycles. The minimum absolute atomic E-state index is 0.0762. The molecule has 3 amide bonds. The van der Waals surface area contributed by atoms with Crippen LogP contribution >= 0.6 is 0 Å². The first-order valence-corrected chi connectivity index (χ1v) is 11.3. The lowest BCUT2D eigenvalue weighted by Gasteiger charge is -2.42. The Balaban J connectivity index is 1.53. The van der Waals surface area contributed by atoms with E-state index < -0.39 is 0 Å². The quantitative estimate of drug-likeness (QED) is 0.700. The number of fused-ring (bicyclic) bond motifs is 2. The van der Waals surface area contributed by atoms with Gasteiger partial charge in [-0.1, -0.05) is 12.1 Å². The molecule has 4 rings (SSSR count). The van der Waals surface area contributed by atoms with Crippen LogP contribution in [0.3, 0.4) is 0 Å². The van der Waals surface area contributed by atoms with E-state index >= 15 is 0 Å².